The second-order valence-electron chi connectivity index (χ2n) is 3.85. The van der Waals surface area contributed by atoms with Crippen LogP contribution in [0.4, 0.5) is 5.69 Å². The van der Waals surface area contributed by atoms with Gasteiger partial charge < -0.3 is 4.90 Å². The molecule has 0 fully saturated rings. The second-order valence-corrected chi connectivity index (χ2v) is 5.78. The van der Waals surface area contributed by atoms with Crippen molar-refractivity contribution in [1.82, 2.24) is 0 Å². The Morgan fingerprint density at radius 2 is 2.00 bits per heavy atom. The fourth-order valence-corrected chi connectivity index (χ4v) is 3.28. The maximum absolute atomic E-state index is 11.4. The van der Waals surface area contributed by atoms with E-state index in [9.17, 15) is 8.42 Å². The molecule has 0 saturated carbocycles. The van der Waals surface area contributed by atoms with Crippen molar-refractivity contribution < 1.29 is 8.42 Å². The molecule has 0 aromatic heterocycles. The third-order valence-corrected chi connectivity index (χ3v) is 4.12. The molecule has 1 aromatic rings. The van der Waals surface area contributed by atoms with Crippen molar-refractivity contribution in [3.05, 3.63) is 41.8 Å². The number of benzene rings is 1. The van der Waals surface area contributed by atoms with Crippen molar-refractivity contribution in [3.63, 3.8) is 0 Å². The van der Waals surface area contributed by atoms with Crippen LogP contribution < -0.4 is 4.90 Å². The van der Waals surface area contributed by atoms with Crippen LogP contribution in [0.5, 0.6) is 0 Å². The second kappa shape index (κ2) is 4.29. The predicted octanol–water partition coefficient (Wildman–Crippen LogP) is 1.82. The van der Waals surface area contributed by atoms with E-state index in [-0.39, 0.29) is 11.8 Å². The average Bonchev–Trinajstić information content (AvgIpc) is 2.62. The van der Waals surface area contributed by atoms with E-state index in [1.807, 2.05) is 37.3 Å². The Bertz CT molecular complexity index is 479. The van der Waals surface area contributed by atoms with E-state index in [0.29, 0.717) is 0 Å². The number of anilines is 1. The summed E-state index contributed by atoms with van der Waals surface area (Å²) in [6.07, 6.45) is 1.77. The first kappa shape index (κ1) is 11.2. The zero-order valence-corrected chi connectivity index (χ0v) is 10.0. The summed E-state index contributed by atoms with van der Waals surface area (Å²) in [5.74, 6) is 0.190. The van der Waals surface area contributed by atoms with Gasteiger partial charge in [-0.2, -0.15) is 0 Å². The molecule has 86 valence electrons. The van der Waals surface area contributed by atoms with Crippen LogP contribution in [0.1, 0.15) is 6.92 Å². The van der Waals surface area contributed by atoms with Crippen molar-refractivity contribution in [2.75, 3.05) is 17.2 Å². The molecule has 0 radical (unpaired) electrons. The van der Waals surface area contributed by atoms with Crippen molar-refractivity contribution in [2.24, 2.45) is 0 Å². The van der Waals surface area contributed by atoms with Gasteiger partial charge in [-0.25, -0.2) is 8.42 Å². The number of sulfone groups is 1. The fourth-order valence-electron chi connectivity index (χ4n) is 1.98. The molecule has 16 heavy (non-hydrogen) atoms. The van der Waals surface area contributed by atoms with Gasteiger partial charge in [-0.1, -0.05) is 18.2 Å². The van der Waals surface area contributed by atoms with E-state index in [2.05, 4.69) is 4.90 Å². The summed E-state index contributed by atoms with van der Waals surface area (Å²) in [7, 11) is -2.98. The monoisotopic (exact) mass is 237 g/mol. The number of likely N-dealkylation sites (N-methyl/N-ethyl adjacent to an activating group) is 1. The van der Waals surface area contributed by atoms with Gasteiger partial charge in [0.25, 0.3) is 0 Å². The van der Waals surface area contributed by atoms with E-state index in [0.717, 1.165) is 12.2 Å². The van der Waals surface area contributed by atoms with Crippen LogP contribution in [-0.2, 0) is 9.84 Å². The molecular formula is C12H15NO2S. The van der Waals surface area contributed by atoms with Crippen molar-refractivity contribution in [2.45, 2.75) is 13.0 Å². The van der Waals surface area contributed by atoms with Crippen LogP contribution in [0.25, 0.3) is 0 Å². The maximum Gasteiger partial charge on any atom is 0.173 e. The molecule has 1 aliphatic rings. The minimum absolute atomic E-state index is 0.0302. The lowest BCUT2D eigenvalue weighted by molar-refractivity contribution is 0.602. The Hall–Kier alpha value is -1.29. The average molecular weight is 237 g/mol. The predicted molar refractivity (Wildman–Crippen MR) is 66.2 cm³/mol. The van der Waals surface area contributed by atoms with Gasteiger partial charge in [-0.15, -0.1) is 0 Å². The summed E-state index contributed by atoms with van der Waals surface area (Å²) in [5.41, 5.74) is 1.07. The van der Waals surface area contributed by atoms with E-state index >= 15 is 0 Å². The largest absolute Gasteiger partial charge is 0.364 e. The Kier molecular flexibility index (Phi) is 3.01. The van der Waals surface area contributed by atoms with Gasteiger partial charge in [-0.3, -0.25) is 0 Å². The normalized spacial score (nSPS) is 22.2. The van der Waals surface area contributed by atoms with Crippen molar-refractivity contribution >= 4 is 15.5 Å². The molecule has 1 heterocycles. The summed E-state index contributed by atoms with van der Waals surface area (Å²) in [6, 6.07) is 9.86. The molecule has 0 N–H and O–H groups in total. The van der Waals surface area contributed by atoms with Gasteiger partial charge in [-0.05, 0) is 25.1 Å². The van der Waals surface area contributed by atoms with Gasteiger partial charge in [0.1, 0.15) is 0 Å². The molecule has 3 nitrogen and oxygen atoms in total. The molecule has 0 amide bonds. The fraction of sp³-hybridized carbons (Fsp3) is 0.333. The highest BCUT2D eigenvalue weighted by molar-refractivity contribution is 7.94. The highest BCUT2D eigenvalue weighted by atomic mass is 32.2. The number of hydrogen-bond donors (Lipinski definition) is 0. The third kappa shape index (κ3) is 2.27. The maximum atomic E-state index is 11.4. The van der Waals surface area contributed by atoms with Crippen LogP contribution in [0.2, 0.25) is 0 Å². The first-order valence-electron chi connectivity index (χ1n) is 5.35. The van der Waals surface area contributed by atoms with Gasteiger partial charge in [0, 0.05) is 17.6 Å². The van der Waals surface area contributed by atoms with Gasteiger partial charge in [0.15, 0.2) is 9.84 Å². The van der Waals surface area contributed by atoms with E-state index < -0.39 is 9.84 Å². The lowest BCUT2D eigenvalue weighted by Gasteiger charge is -2.28. The van der Waals surface area contributed by atoms with E-state index in [4.69, 9.17) is 0 Å². The molecule has 0 saturated heterocycles. The molecule has 0 aliphatic carbocycles. The zero-order chi connectivity index (χ0) is 11.6. The van der Waals surface area contributed by atoms with Crippen molar-refractivity contribution in [1.29, 1.82) is 0 Å². The van der Waals surface area contributed by atoms with E-state index in [1.54, 1.807) is 6.08 Å². The highest BCUT2D eigenvalue weighted by Crippen LogP contribution is 2.21. The Morgan fingerprint density at radius 1 is 1.31 bits per heavy atom. The minimum Gasteiger partial charge on any atom is -0.364 e. The van der Waals surface area contributed by atoms with Gasteiger partial charge in [0.2, 0.25) is 0 Å². The molecule has 0 bridgehead atoms. The molecule has 1 unspecified atom stereocenters. The summed E-state index contributed by atoms with van der Waals surface area (Å²) < 4.78 is 22.8. The lowest BCUT2D eigenvalue weighted by Crippen LogP contribution is -2.35. The molecule has 2 rings (SSSR count). The Balaban J connectivity index is 2.23. The van der Waals surface area contributed by atoms with Crippen LogP contribution in [0.15, 0.2) is 41.8 Å². The quantitative estimate of drug-likeness (QED) is 0.804. The topological polar surface area (TPSA) is 37.4 Å². The number of hydrogen-bond acceptors (Lipinski definition) is 3. The number of rotatable bonds is 3. The van der Waals surface area contributed by atoms with Gasteiger partial charge >= 0.3 is 0 Å². The lowest BCUT2D eigenvalue weighted by atomic mass is 10.2. The minimum atomic E-state index is -2.98. The summed E-state index contributed by atoms with van der Waals surface area (Å²) >= 11 is 0. The Labute approximate surface area is 96.3 Å². The molecule has 4 heteroatoms. The SMILES string of the molecule is CCN(c1ccccc1)C1C=CS(=O)(=O)C1. The number of para-hydroxylation sites is 1. The smallest absolute Gasteiger partial charge is 0.173 e. The van der Waals surface area contributed by atoms with Crippen LogP contribution in [0.3, 0.4) is 0 Å². The summed E-state index contributed by atoms with van der Waals surface area (Å²) in [5, 5.41) is 1.32. The molecule has 1 aromatic carbocycles. The standard InChI is InChI=1S/C12H15NO2S/c1-2-13(11-6-4-3-5-7-11)12-8-9-16(14,15)10-12/h3-9,12H,2,10H2,1H3. The summed E-state index contributed by atoms with van der Waals surface area (Å²) in [4.78, 5) is 2.10. The molecular weight excluding hydrogens is 222 g/mol. The number of nitrogens with zero attached hydrogens (tertiary/aromatic N) is 1. The van der Waals surface area contributed by atoms with Gasteiger partial charge in [0.05, 0.1) is 11.8 Å². The summed E-state index contributed by atoms with van der Waals surface area (Å²) in [6.45, 7) is 2.83. The third-order valence-electron chi connectivity index (χ3n) is 2.74. The van der Waals surface area contributed by atoms with Crippen LogP contribution in [-0.4, -0.2) is 26.8 Å². The van der Waals surface area contributed by atoms with Crippen LogP contribution in [0, 0.1) is 0 Å². The first-order chi connectivity index (χ1) is 7.62. The zero-order valence-electron chi connectivity index (χ0n) is 9.20. The van der Waals surface area contributed by atoms with E-state index in [1.165, 1.54) is 5.41 Å². The molecule has 1 atom stereocenters. The van der Waals surface area contributed by atoms with Crippen molar-refractivity contribution in [3.8, 4) is 0 Å². The molecule has 0 spiro atoms. The van der Waals surface area contributed by atoms with Crippen LogP contribution >= 0.6 is 0 Å². The molecule has 1 aliphatic heterocycles. The Morgan fingerprint density at radius 3 is 2.50 bits per heavy atom. The highest BCUT2D eigenvalue weighted by Gasteiger charge is 2.26. The first-order valence-corrected chi connectivity index (χ1v) is 7.06.